The fourth-order valence-corrected chi connectivity index (χ4v) is 3.76. The highest BCUT2D eigenvalue weighted by Gasteiger charge is 2.09. The highest BCUT2D eigenvalue weighted by molar-refractivity contribution is 14.1. The van der Waals surface area contributed by atoms with Crippen LogP contribution in [-0.4, -0.2) is 19.2 Å². The van der Waals surface area contributed by atoms with Crippen LogP contribution in [0.25, 0.3) is 21.5 Å². The molecule has 0 spiro atoms. The molecule has 5 heteroatoms. The molecule has 1 amide bonds. The molecule has 0 saturated heterocycles. The highest BCUT2D eigenvalue weighted by Crippen LogP contribution is 2.27. The van der Waals surface area contributed by atoms with Crippen LogP contribution in [0.5, 0.6) is 5.75 Å². The van der Waals surface area contributed by atoms with E-state index in [1.54, 1.807) is 25.5 Å². The zero-order chi connectivity index (χ0) is 19.5. The van der Waals surface area contributed by atoms with Gasteiger partial charge < -0.3 is 4.74 Å². The Morgan fingerprint density at radius 2 is 1.61 bits per heavy atom. The largest absolute Gasteiger partial charge is 0.496 e. The number of nitrogens with zero attached hydrogens (tertiary/aromatic N) is 1. The molecule has 4 nitrogen and oxygen atoms in total. The second-order valence-corrected chi connectivity index (χ2v) is 7.44. The van der Waals surface area contributed by atoms with E-state index in [4.69, 9.17) is 4.74 Å². The van der Waals surface area contributed by atoms with Crippen molar-refractivity contribution in [2.45, 2.75) is 0 Å². The molecule has 28 heavy (non-hydrogen) atoms. The van der Waals surface area contributed by atoms with Gasteiger partial charge in [-0.3, -0.25) is 4.79 Å². The molecule has 0 bridgehead atoms. The summed E-state index contributed by atoms with van der Waals surface area (Å²) in [6.45, 7) is 0. The van der Waals surface area contributed by atoms with Crippen LogP contribution in [-0.2, 0) is 0 Å². The zero-order valence-electron chi connectivity index (χ0n) is 15.1. The maximum Gasteiger partial charge on any atom is 0.271 e. The fraction of sp³-hybridized carbons (Fsp3) is 0.0435. The van der Waals surface area contributed by atoms with Crippen molar-refractivity contribution in [2.75, 3.05) is 7.11 Å². The summed E-state index contributed by atoms with van der Waals surface area (Å²) in [6.07, 6.45) is 1.71. The van der Waals surface area contributed by atoms with Crippen molar-refractivity contribution in [1.29, 1.82) is 0 Å². The Bertz CT molecular complexity index is 1160. The average Bonchev–Trinajstić information content (AvgIpc) is 2.73. The molecule has 0 aliphatic rings. The van der Waals surface area contributed by atoms with Gasteiger partial charge in [0.2, 0.25) is 0 Å². The van der Waals surface area contributed by atoms with Crippen LogP contribution >= 0.6 is 22.6 Å². The van der Waals surface area contributed by atoms with Gasteiger partial charge in [-0.2, -0.15) is 5.10 Å². The number of carbonyl (C=O) groups excluding carboxylic acids is 1. The van der Waals surface area contributed by atoms with E-state index in [9.17, 15) is 4.79 Å². The number of benzene rings is 4. The van der Waals surface area contributed by atoms with Gasteiger partial charge in [-0.15, -0.1) is 0 Å². The number of hydrazone groups is 1. The van der Waals surface area contributed by atoms with Crippen molar-refractivity contribution in [1.82, 2.24) is 5.43 Å². The third kappa shape index (κ3) is 3.57. The topological polar surface area (TPSA) is 50.7 Å². The van der Waals surface area contributed by atoms with Crippen LogP contribution in [0.3, 0.4) is 0 Å². The van der Waals surface area contributed by atoms with Crippen molar-refractivity contribution < 1.29 is 9.53 Å². The van der Waals surface area contributed by atoms with Gasteiger partial charge in [0, 0.05) is 11.1 Å². The van der Waals surface area contributed by atoms with Gasteiger partial charge in [0.05, 0.1) is 16.9 Å². The minimum atomic E-state index is -0.282. The van der Waals surface area contributed by atoms with Crippen molar-refractivity contribution in [3.05, 3.63) is 87.5 Å². The number of hydrogen-bond acceptors (Lipinski definition) is 3. The van der Waals surface area contributed by atoms with Crippen molar-refractivity contribution >= 4 is 56.3 Å². The molecule has 0 saturated carbocycles. The Labute approximate surface area is 176 Å². The van der Waals surface area contributed by atoms with Crippen LogP contribution in [0, 0.1) is 3.57 Å². The smallest absolute Gasteiger partial charge is 0.271 e. The Morgan fingerprint density at radius 1 is 0.964 bits per heavy atom. The van der Waals surface area contributed by atoms with Crippen LogP contribution in [0.1, 0.15) is 15.9 Å². The lowest BCUT2D eigenvalue weighted by Crippen LogP contribution is -2.17. The summed E-state index contributed by atoms with van der Waals surface area (Å²) < 4.78 is 6.23. The fourth-order valence-electron chi connectivity index (χ4n) is 3.21. The maximum absolute atomic E-state index is 12.5. The molecule has 4 rings (SSSR count). The first-order valence-corrected chi connectivity index (χ1v) is 9.82. The van der Waals surface area contributed by atoms with Gasteiger partial charge in [-0.05, 0) is 68.4 Å². The number of halogens is 1. The van der Waals surface area contributed by atoms with Crippen molar-refractivity contribution in [2.24, 2.45) is 5.10 Å². The van der Waals surface area contributed by atoms with Crippen molar-refractivity contribution in [3.63, 3.8) is 0 Å². The molecule has 0 atom stereocenters. The minimum absolute atomic E-state index is 0.282. The molecule has 0 aliphatic heterocycles. The summed E-state index contributed by atoms with van der Waals surface area (Å²) >= 11 is 2.17. The predicted octanol–water partition coefficient (Wildman–Crippen LogP) is 5.37. The molecular formula is C23H17IN2O2. The zero-order valence-corrected chi connectivity index (χ0v) is 17.3. The molecule has 0 fully saturated rings. The van der Waals surface area contributed by atoms with E-state index in [0.717, 1.165) is 30.7 Å². The summed E-state index contributed by atoms with van der Waals surface area (Å²) in [4.78, 5) is 12.5. The minimum Gasteiger partial charge on any atom is -0.496 e. The van der Waals surface area contributed by atoms with Gasteiger partial charge in [-0.25, -0.2) is 5.43 Å². The molecular weight excluding hydrogens is 463 g/mol. The molecule has 4 aromatic rings. The van der Waals surface area contributed by atoms with Crippen LogP contribution in [0.15, 0.2) is 77.9 Å². The molecule has 0 aromatic heterocycles. The molecule has 0 aliphatic carbocycles. The number of amides is 1. The molecule has 0 unspecified atom stereocenters. The molecule has 4 aromatic carbocycles. The number of rotatable bonds is 4. The highest BCUT2D eigenvalue weighted by atomic mass is 127. The van der Waals surface area contributed by atoms with Gasteiger partial charge in [-0.1, -0.05) is 48.5 Å². The maximum atomic E-state index is 12.5. The van der Waals surface area contributed by atoms with Crippen molar-refractivity contribution in [3.8, 4) is 5.75 Å². The first kappa shape index (κ1) is 18.4. The van der Waals surface area contributed by atoms with Gasteiger partial charge >= 0.3 is 0 Å². The Hall–Kier alpha value is -2.93. The molecule has 138 valence electrons. The van der Waals surface area contributed by atoms with E-state index in [1.807, 2.05) is 30.3 Å². The standard InChI is InChI=1S/C23H17IN2O2/c1-28-22-13-17(10-11-21(22)24)23(27)26-25-14-20-18-8-4-2-6-15(18)12-16-7-3-5-9-19(16)20/h2-14H,1H3,(H,26,27)/b25-14+. The Kier molecular flexibility index (Phi) is 5.25. The number of hydrogen-bond donors (Lipinski definition) is 1. The Morgan fingerprint density at radius 3 is 2.25 bits per heavy atom. The first-order chi connectivity index (χ1) is 13.7. The number of carbonyl (C=O) groups is 1. The normalized spacial score (nSPS) is 11.2. The quantitative estimate of drug-likeness (QED) is 0.185. The number of methoxy groups -OCH3 is 1. The second kappa shape index (κ2) is 7.98. The summed E-state index contributed by atoms with van der Waals surface area (Å²) in [5, 5.41) is 8.69. The second-order valence-electron chi connectivity index (χ2n) is 6.28. The summed E-state index contributed by atoms with van der Waals surface area (Å²) in [5.74, 6) is 0.382. The molecule has 1 N–H and O–H groups in total. The summed E-state index contributed by atoms with van der Waals surface area (Å²) in [6, 6.07) is 23.8. The van der Waals surface area contributed by atoms with Gasteiger partial charge in [0.15, 0.2) is 0 Å². The van der Waals surface area contributed by atoms with E-state index < -0.39 is 0 Å². The molecule has 0 radical (unpaired) electrons. The van der Waals surface area contributed by atoms with E-state index in [0.29, 0.717) is 11.3 Å². The number of fused-ring (bicyclic) bond motifs is 2. The third-order valence-electron chi connectivity index (χ3n) is 4.59. The van der Waals surface area contributed by atoms with Crippen LogP contribution < -0.4 is 10.2 Å². The van der Waals surface area contributed by atoms with Crippen LogP contribution in [0.2, 0.25) is 0 Å². The van der Waals surface area contributed by atoms with E-state index in [2.05, 4.69) is 63.4 Å². The van der Waals surface area contributed by atoms with E-state index in [1.165, 1.54) is 0 Å². The third-order valence-corrected chi connectivity index (χ3v) is 5.48. The number of ether oxygens (including phenoxy) is 1. The van der Waals surface area contributed by atoms with E-state index in [-0.39, 0.29) is 5.91 Å². The lowest BCUT2D eigenvalue weighted by Gasteiger charge is -2.08. The lowest BCUT2D eigenvalue weighted by molar-refractivity contribution is 0.0954. The van der Waals surface area contributed by atoms with E-state index >= 15 is 0 Å². The van der Waals surface area contributed by atoms with Gasteiger partial charge in [0.1, 0.15) is 5.75 Å². The Balaban J connectivity index is 1.67. The molecule has 0 heterocycles. The van der Waals surface area contributed by atoms with Crippen LogP contribution in [0.4, 0.5) is 0 Å². The first-order valence-electron chi connectivity index (χ1n) is 8.75. The predicted molar refractivity (Wildman–Crippen MR) is 122 cm³/mol. The lowest BCUT2D eigenvalue weighted by atomic mass is 9.97. The average molecular weight is 480 g/mol. The summed E-state index contributed by atoms with van der Waals surface area (Å²) in [5.41, 5.74) is 4.10. The van der Waals surface area contributed by atoms with Gasteiger partial charge in [0.25, 0.3) is 5.91 Å². The SMILES string of the molecule is COc1cc(C(=O)N/N=C/c2c3ccccc3cc3ccccc23)ccc1I. The monoisotopic (exact) mass is 480 g/mol. The summed E-state index contributed by atoms with van der Waals surface area (Å²) in [7, 11) is 1.59. The number of nitrogens with one attached hydrogen (secondary N) is 1.